The highest BCUT2D eigenvalue weighted by atomic mass is 15.1. The second-order valence-electron chi connectivity index (χ2n) is 4.80. The van der Waals surface area contributed by atoms with Gasteiger partial charge in [-0.05, 0) is 29.3 Å². The number of benzene rings is 2. The van der Waals surface area contributed by atoms with Crippen molar-refractivity contribution in [3.63, 3.8) is 0 Å². The average Bonchev–Trinajstić information content (AvgIpc) is 2.39. The highest BCUT2D eigenvalue weighted by molar-refractivity contribution is 5.69. The van der Waals surface area contributed by atoms with Crippen LogP contribution in [0.15, 0.2) is 42.5 Å². The van der Waals surface area contributed by atoms with E-state index >= 15 is 0 Å². The molecule has 2 nitrogen and oxygen atoms in total. The minimum Gasteiger partial charge on any atom is -0.378 e. The van der Waals surface area contributed by atoms with Crippen LogP contribution < -0.4 is 9.80 Å². The lowest BCUT2D eigenvalue weighted by Crippen LogP contribution is -2.08. The Labute approximate surface area is 109 Å². The van der Waals surface area contributed by atoms with Gasteiger partial charge in [0.05, 0.1) is 0 Å². The topological polar surface area (TPSA) is 6.48 Å². The van der Waals surface area contributed by atoms with Crippen LogP contribution in [0.4, 0.5) is 11.4 Å². The summed E-state index contributed by atoms with van der Waals surface area (Å²) in [5.41, 5.74) is 4.78. The van der Waals surface area contributed by atoms with Crippen LogP contribution in [-0.2, 0) is 0 Å². The second-order valence-corrected chi connectivity index (χ2v) is 4.80. The summed E-state index contributed by atoms with van der Waals surface area (Å²) in [4.78, 5) is 4.17. The first-order chi connectivity index (χ1) is 8.58. The fraction of sp³-hybridized carbons (Fsp3) is 0.250. The van der Waals surface area contributed by atoms with Crippen molar-refractivity contribution in [2.45, 2.75) is 0 Å². The third-order valence-electron chi connectivity index (χ3n) is 2.99. The lowest BCUT2D eigenvalue weighted by atomic mass is 10.0. The predicted molar refractivity (Wildman–Crippen MR) is 79.4 cm³/mol. The average molecular weight is 239 g/mol. The van der Waals surface area contributed by atoms with Gasteiger partial charge in [0, 0.05) is 45.6 Å². The molecule has 0 fully saturated rings. The Morgan fingerprint density at radius 3 is 2.00 bits per heavy atom. The van der Waals surface area contributed by atoms with Crippen LogP contribution in [0.2, 0.25) is 0 Å². The molecule has 0 aliphatic heterocycles. The number of anilines is 2. The normalized spacial score (nSPS) is 10.2. The molecular weight excluding hydrogens is 220 g/mol. The summed E-state index contributed by atoms with van der Waals surface area (Å²) in [5.74, 6) is 0. The van der Waals surface area contributed by atoms with Crippen molar-refractivity contribution in [2.24, 2.45) is 0 Å². The van der Waals surface area contributed by atoms with E-state index in [1.54, 1.807) is 0 Å². The quantitative estimate of drug-likeness (QED) is 0.811. The summed E-state index contributed by atoms with van der Waals surface area (Å²) in [7, 11) is 8.17. The molecule has 0 N–H and O–H groups in total. The molecule has 0 spiro atoms. The van der Waals surface area contributed by atoms with Crippen LogP contribution in [0.3, 0.4) is 0 Å². The van der Waals surface area contributed by atoms with Gasteiger partial charge in [-0.25, -0.2) is 0 Å². The molecule has 0 bridgehead atoms. The van der Waals surface area contributed by atoms with Gasteiger partial charge in [0.15, 0.2) is 0 Å². The van der Waals surface area contributed by atoms with Crippen molar-refractivity contribution in [3.05, 3.63) is 48.5 Å². The van der Waals surface area contributed by atoms with Gasteiger partial charge in [0.25, 0.3) is 0 Å². The van der Waals surface area contributed by atoms with E-state index in [0.717, 1.165) is 5.69 Å². The van der Waals surface area contributed by atoms with Crippen LogP contribution in [-0.4, -0.2) is 28.2 Å². The Balaban J connectivity index is 2.33. The zero-order valence-corrected chi connectivity index (χ0v) is 11.4. The maximum absolute atomic E-state index is 3.23. The third kappa shape index (κ3) is 2.65. The first kappa shape index (κ1) is 12.5. The van der Waals surface area contributed by atoms with Crippen molar-refractivity contribution in [3.8, 4) is 11.1 Å². The Morgan fingerprint density at radius 2 is 1.44 bits per heavy atom. The molecule has 18 heavy (non-hydrogen) atoms. The van der Waals surface area contributed by atoms with Crippen molar-refractivity contribution in [2.75, 3.05) is 38.0 Å². The summed E-state index contributed by atoms with van der Waals surface area (Å²) in [6.07, 6.45) is 0. The lowest BCUT2D eigenvalue weighted by Gasteiger charge is -2.15. The summed E-state index contributed by atoms with van der Waals surface area (Å²) in [5, 5.41) is 0. The zero-order valence-electron chi connectivity index (χ0n) is 11.4. The SMILES string of the molecule is CN(C)c1[c]ccc(-c2ccc(N(C)C)cc2)c1. The monoisotopic (exact) mass is 239 g/mol. The maximum atomic E-state index is 3.23. The molecule has 0 aromatic heterocycles. The molecule has 93 valence electrons. The number of hydrogen-bond acceptors (Lipinski definition) is 2. The number of hydrogen-bond donors (Lipinski definition) is 0. The van der Waals surface area contributed by atoms with E-state index in [4.69, 9.17) is 0 Å². The number of rotatable bonds is 3. The van der Waals surface area contributed by atoms with E-state index < -0.39 is 0 Å². The lowest BCUT2D eigenvalue weighted by molar-refractivity contribution is 1.13. The van der Waals surface area contributed by atoms with Crippen LogP contribution in [0, 0.1) is 6.07 Å². The van der Waals surface area contributed by atoms with Crippen molar-refractivity contribution >= 4 is 11.4 Å². The molecule has 0 amide bonds. The van der Waals surface area contributed by atoms with Crippen LogP contribution in [0.25, 0.3) is 11.1 Å². The molecule has 0 unspecified atom stereocenters. The highest BCUT2D eigenvalue weighted by Crippen LogP contribution is 2.25. The predicted octanol–water partition coefficient (Wildman–Crippen LogP) is 3.29. The van der Waals surface area contributed by atoms with Crippen LogP contribution in [0.1, 0.15) is 0 Å². The highest BCUT2D eigenvalue weighted by Gasteiger charge is 2.02. The van der Waals surface area contributed by atoms with Gasteiger partial charge in [-0.15, -0.1) is 0 Å². The van der Waals surface area contributed by atoms with E-state index in [0.29, 0.717) is 0 Å². The van der Waals surface area contributed by atoms with Gasteiger partial charge in [-0.2, -0.15) is 0 Å². The van der Waals surface area contributed by atoms with Crippen molar-refractivity contribution in [1.29, 1.82) is 0 Å². The molecule has 0 aliphatic rings. The Hall–Kier alpha value is -1.96. The molecule has 2 aromatic carbocycles. The zero-order chi connectivity index (χ0) is 13.1. The van der Waals surface area contributed by atoms with Crippen molar-refractivity contribution in [1.82, 2.24) is 0 Å². The molecule has 0 saturated carbocycles. The minimum atomic E-state index is 1.10. The summed E-state index contributed by atoms with van der Waals surface area (Å²) < 4.78 is 0. The van der Waals surface area contributed by atoms with Gasteiger partial charge >= 0.3 is 0 Å². The fourth-order valence-electron chi connectivity index (χ4n) is 1.84. The Bertz CT molecular complexity index is 513. The van der Waals surface area contributed by atoms with E-state index in [9.17, 15) is 0 Å². The first-order valence-electron chi connectivity index (χ1n) is 6.05. The second kappa shape index (κ2) is 5.13. The van der Waals surface area contributed by atoms with E-state index in [1.165, 1.54) is 16.8 Å². The summed E-state index contributed by atoms with van der Waals surface area (Å²) in [6, 6.07) is 18.0. The molecule has 0 atom stereocenters. The largest absolute Gasteiger partial charge is 0.378 e. The first-order valence-corrected chi connectivity index (χ1v) is 6.05. The number of nitrogens with zero attached hydrogens (tertiary/aromatic N) is 2. The standard InChI is InChI=1S/C16H19N2/c1-17(2)15-10-8-13(9-11-15)14-6-5-7-16(12-14)18(3)4/h5-6,8-12H,1-4H3. The third-order valence-corrected chi connectivity index (χ3v) is 2.99. The van der Waals surface area contributed by atoms with Gasteiger partial charge in [-0.1, -0.05) is 24.3 Å². The summed E-state index contributed by atoms with van der Waals surface area (Å²) in [6.45, 7) is 0. The smallest absolute Gasteiger partial charge is 0.0447 e. The molecule has 0 aliphatic carbocycles. The molecule has 0 heterocycles. The molecular formula is C16H19N2. The molecule has 2 heteroatoms. The van der Waals surface area contributed by atoms with Crippen LogP contribution in [0.5, 0.6) is 0 Å². The van der Waals surface area contributed by atoms with Gasteiger partial charge in [0.2, 0.25) is 0 Å². The van der Waals surface area contributed by atoms with Crippen LogP contribution >= 0.6 is 0 Å². The maximum Gasteiger partial charge on any atom is 0.0447 e. The van der Waals surface area contributed by atoms with Gasteiger partial charge < -0.3 is 9.80 Å². The van der Waals surface area contributed by atoms with E-state index in [1.807, 2.05) is 20.2 Å². The molecule has 0 saturated heterocycles. The summed E-state index contributed by atoms with van der Waals surface area (Å²) >= 11 is 0. The van der Waals surface area contributed by atoms with Crippen molar-refractivity contribution < 1.29 is 0 Å². The van der Waals surface area contributed by atoms with Gasteiger partial charge in [-0.3, -0.25) is 0 Å². The minimum absolute atomic E-state index is 1.10. The van der Waals surface area contributed by atoms with E-state index in [2.05, 4.69) is 66.4 Å². The molecule has 2 aromatic rings. The fourth-order valence-corrected chi connectivity index (χ4v) is 1.84. The van der Waals surface area contributed by atoms with E-state index in [-0.39, 0.29) is 0 Å². The Kier molecular flexibility index (Phi) is 3.56. The molecule has 1 radical (unpaired) electrons. The Morgan fingerprint density at radius 1 is 0.778 bits per heavy atom. The van der Waals surface area contributed by atoms with Gasteiger partial charge in [0.1, 0.15) is 0 Å². The molecule has 2 rings (SSSR count).